The molecule has 1 fully saturated rings. The molecule has 0 aliphatic heterocycles. The first-order chi connectivity index (χ1) is 14.6. The molecule has 4 rings (SSSR count). The van der Waals surface area contributed by atoms with E-state index in [2.05, 4.69) is 32.2 Å². The number of anilines is 1. The SMILES string of the molecule is CCCCOc1nc(N)c2[nH]c(=O)n(Cc3ccc(CNC4CCCC4)nc3)c2n1. The second-order valence-corrected chi connectivity index (χ2v) is 7.83. The molecule has 0 atom stereocenters. The van der Waals surface area contributed by atoms with Crippen molar-refractivity contribution in [3.05, 3.63) is 40.1 Å². The van der Waals surface area contributed by atoms with Crippen LogP contribution in [0, 0.1) is 0 Å². The van der Waals surface area contributed by atoms with Crippen molar-refractivity contribution >= 4 is 17.0 Å². The lowest BCUT2D eigenvalue weighted by atomic mass is 10.2. The molecule has 0 spiro atoms. The molecule has 1 aliphatic rings. The minimum atomic E-state index is -0.288. The number of hydrogen-bond acceptors (Lipinski definition) is 7. The lowest BCUT2D eigenvalue weighted by molar-refractivity contribution is 0.286. The predicted octanol–water partition coefficient (Wildman–Crippen LogP) is 2.36. The normalized spacial score (nSPS) is 14.6. The summed E-state index contributed by atoms with van der Waals surface area (Å²) >= 11 is 0. The van der Waals surface area contributed by atoms with Gasteiger partial charge in [-0.05, 0) is 30.9 Å². The van der Waals surface area contributed by atoms with Crippen LogP contribution in [0.15, 0.2) is 23.1 Å². The number of unbranched alkanes of at least 4 members (excludes halogenated alkanes) is 1. The molecule has 0 bridgehead atoms. The number of fused-ring (bicyclic) bond motifs is 1. The van der Waals surface area contributed by atoms with Crippen molar-refractivity contribution in [1.29, 1.82) is 0 Å². The molecule has 9 nitrogen and oxygen atoms in total. The average molecular weight is 412 g/mol. The second kappa shape index (κ2) is 9.25. The van der Waals surface area contributed by atoms with Crippen molar-refractivity contribution in [2.24, 2.45) is 0 Å². The van der Waals surface area contributed by atoms with Gasteiger partial charge in [-0.3, -0.25) is 9.55 Å². The summed E-state index contributed by atoms with van der Waals surface area (Å²) in [5, 5.41) is 3.56. The molecule has 1 aliphatic carbocycles. The molecule has 30 heavy (non-hydrogen) atoms. The number of H-pyrrole nitrogens is 1. The van der Waals surface area contributed by atoms with Gasteiger partial charge in [-0.25, -0.2) is 4.79 Å². The Kier molecular flexibility index (Phi) is 6.27. The van der Waals surface area contributed by atoms with Crippen LogP contribution in [0.4, 0.5) is 5.82 Å². The van der Waals surface area contributed by atoms with E-state index >= 15 is 0 Å². The Labute approximate surface area is 175 Å². The number of aromatic amines is 1. The summed E-state index contributed by atoms with van der Waals surface area (Å²) in [6.45, 7) is 3.69. The van der Waals surface area contributed by atoms with Gasteiger partial charge in [0.1, 0.15) is 5.52 Å². The molecule has 0 amide bonds. The number of ether oxygens (including phenoxy) is 1. The molecule has 0 aromatic carbocycles. The second-order valence-electron chi connectivity index (χ2n) is 7.83. The Hall–Kier alpha value is -2.94. The monoisotopic (exact) mass is 411 g/mol. The fourth-order valence-electron chi connectivity index (χ4n) is 3.76. The average Bonchev–Trinajstić information content (AvgIpc) is 3.37. The van der Waals surface area contributed by atoms with Gasteiger partial charge < -0.3 is 20.8 Å². The molecule has 3 aromatic heterocycles. The van der Waals surface area contributed by atoms with Gasteiger partial charge in [0.25, 0.3) is 0 Å². The van der Waals surface area contributed by atoms with Crippen LogP contribution in [-0.4, -0.2) is 37.2 Å². The molecular formula is C21H29N7O2. The van der Waals surface area contributed by atoms with Gasteiger partial charge >= 0.3 is 11.7 Å². The molecule has 3 aromatic rings. The number of nitrogens with one attached hydrogen (secondary N) is 2. The Bertz CT molecular complexity index is 1040. The maximum Gasteiger partial charge on any atom is 0.328 e. The van der Waals surface area contributed by atoms with E-state index in [4.69, 9.17) is 10.5 Å². The van der Waals surface area contributed by atoms with Crippen molar-refractivity contribution in [2.75, 3.05) is 12.3 Å². The topological polar surface area (TPSA) is 124 Å². The first kappa shape index (κ1) is 20.3. The summed E-state index contributed by atoms with van der Waals surface area (Å²) in [5.41, 5.74) is 8.49. The summed E-state index contributed by atoms with van der Waals surface area (Å²) in [6, 6.07) is 4.79. The molecule has 0 radical (unpaired) electrons. The highest BCUT2D eigenvalue weighted by Crippen LogP contribution is 2.19. The Morgan fingerprint density at radius 1 is 1.30 bits per heavy atom. The molecule has 1 saturated carbocycles. The maximum atomic E-state index is 12.5. The molecule has 4 N–H and O–H groups in total. The number of nitrogen functional groups attached to an aromatic ring is 1. The predicted molar refractivity (Wildman–Crippen MR) is 115 cm³/mol. The van der Waals surface area contributed by atoms with Gasteiger partial charge in [0.05, 0.1) is 18.8 Å². The number of imidazole rings is 1. The van der Waals surface area contributed by atoms with E-state index in [0.717, 1.165) is 30.6 Å². The van der Waals surface area contributed by atoms with E-state index in [1.54, 1.807) is 6.20 Å². The third-order valence-electron chi connectivity index (χ3n) is 5.51. The van der Waals surface area contributed by atoms with Crippen LogP contribution >= 0.6 is 0 Å². The summed E-state index contributed by atoms with van der Waals surface area (Å²) in [5.74, 6) is 0.203. The van der Waals surface area contributed by atoms with Crippen molar-refractivity contribution in [2.45, 2.75) is 64.6 Å². The molecular weight excluding hydrogens is 382 g/mol. The number of nitrogens with zero attached hydrogens (tertiary/aromatic N) is 4. The van der Waals surface area contributed by atoms with Gasteiger partial charge in [-0.2, -0.15) is 9.97 Å². The van der Waals surface area contributed by atoms with Gasteiger partial charge in [0, 0.05) is 18.8 Å². The number of rotatable bonds is 9. The van der Waals surface area contributed by atoms with Crippen LogP contribution in [0.2, 0.25) is 0 Å². The van der Waals surface area contributed by atoms with Crippen LogP contribution in [0.3, 0.4) is 0 Å². The van der Waals surface area contributed by atoms with Crippen molar-refractivity contribution < 1.29 is 4.74 Å². The lowest BCUT2D eigenvalue weighted by Crippen LogP contribution is -2.25. The zero-order chi connectivity index (χ0) is 20.9. The van der Waals surface area contributed by atoms with E-state index in [-0.39, 0.29) is 17.5 Å². The molecule has 9 heteroatoms. The van der Waals surface area contributed by atoms with Gasteiger partial charge in [-0.1, -0.05) is 32.3 Å². The number of nitrogens with two attached hydrogens (primary N) is 1. The highest BCUT2D eigenvalue weighted by molar-refractivity contribution is 5.81. The van der Waals surface area contributed by atoms with Crippen LogP contribution in [0.5, 0.6) is 6.01 Å². The summed E-state index contributed by atoms with van der Waals surface area (Å²) in [4.78, 5) is 28.3. The maximum absolute atomic E-state index is 12.5. The van der Waals surface area contributed by atoms with Crippen molar-refractivity contribution in [1.82, 2.24) is 29.8 Å². The van der Waals surface area contributed by atoms with E-state index in [1.165, 1.54) is 30.3 Å². The van der Waals surface area contributed by atoms with E-state index in [1.807, 2.05) is 12.1 Å². The Morgan fingerprint density at radius 3 is 2.87 bits per heavy atom. The van der Waals surface area contributed by atoms with Crippen LogP contribution in [-0.2, 0) is 13.1 Å². The zero-order valence-corrected chi connectivity index (χ0v) is 17.4. The summed E-state index contributed by atoms with van der Waals surface area (Å²) in [7, 11) is 0. The lowest BCUT2D eigenvalue weighted by Gasteiger charge is -2.11. The molecule has 0 saturated heterocycles. The van der Waals surface area contributed by atoms with E-state index in [0.29, 0.717) is 30.4 Å². The van der Waals surface area contributed by atoms with Crippen LogP contribution in [0.1, 0.15) is 56.7 Å². The number of aromatic nitrogens is 5. The minimum Gasteiger partial charge on any atom is -0.463 e. The zero-order valence-electron chi connectivity index (χ0n) is 17.4. The summed E-state index contributed by atoms with van der Waals surface area (Å²) in [6.07, 6.45) is 8.82. The molecule has 0 unspecified atom stereocenters. The van der Waals surface area contributed by atoms with Crippen molar-refractivity contribution in [3.8, 4) is 6.01 Å². The summed E-state index contributed by atoms with van der Waals surface area (Å²) < 4.78 is 7.12. The van der Waals surface area contributed by atoms with E-state index in [9.17, 15) is 4.79 Å². The standard InChI is InChI=1S/C21H29N7O2/c1-2-3-10-30-20-26-18(22)17-19(27-20)28(21(29)25-17)13-14-8-9-16(23-11-14)12-24-15-6-4-5-7-15/h8-9,11,15,24H,2-7,10,12-13H2,1H3,(H,25,29)(H2,22,26,27). The largest absolute Gasteiger partial charge is 0.463 e. The highest BCUT2D eigenvalue weighted by Gasteiger charge is 2.16. The van der Waals surface area contributed by atoms with Gasteiger partial charge in [0.15, 0.2) is 11.5 Å². The fraction of sp³-hybridized carbons (Fsp3) is 0.524. The van der Waals surface area contributed by atoms with Crippen LogP contribution < -0.4 is 21.5 Å². The Balaban J connectivity index is 1.49. The minimum absolute atomic E-state index is 0.188. The van der Waals surface area contributed by atoms with Crippen LogP contribution in [0.25, 0.3) is 11.2 Å². The fourth-order valence-corrected chi connectivity index (χ4v) is 3.76. The van der Waals surface area contributed by atoms with Gasteiger partial charge in [0.2, 0.25) is 0 Å². The molecule has 160 valence electrons. The first-order valence-electron chi connectivity index (χ1n) is 10.7. The highest BCUT2D eigenvalue weighted by atomic mass is 16.5. The first-order valence-corrected chi connectivity index (χ1v) is 10.7. The Morgan fingerprint density at radius 2 is 2.13 bits per heavy atom. The quantitative estimate of drug-likeness (QED) is 0.462. The van der Waals surface area contributed by atoms with E-state index < -0.39 is 0 Å². The molecule has 3 heterocycles. The number of hydrogen-bond donors (Lipinski definition) is 3. The van der Waals surface area contributed by atoms with Gasteiger partial charge in [-0.15, -0.1) is 0 Å². The number of pyridine rings is 1. The van der Waals surface area contributed by atoms with Crippen molar-refractivity contribution in [3.63, 3.8) is 0 Å². The smallest absolute Gasteiger partial charge is 0.328 e. The third kappa shape index (κ3) is 4.62. The third-order valence-corrected chi connectivity index (χ3v) is 5.51.